The summed E-state index contributed by atoms with van der Waals surface area (Å²) in [4.78, 5) is 2.46. The molecule has 108 valence electrons. The van der Waals surface area contributed by atoms with Crippen LogP contribution in [0.25, 0.3) is 0 Å². The Morgan fingerprint density at radius 2 is 2.11 bits per heavy atom. The average Bonchev–Trinajstić information content (AvgIpc) is 2.95. The van der Waals surface area contributed by atoms with Crippen LogP contribution in [0.5, 0.6) is 0 Å². The number of ether oxygens (including phenoxy) is 1. The summed E-state index contributed by atoms with van der Waals surface area (Å²) in [5.74, 6) is 0. The molecule has 0 radical (unpaired) electrons. The van der Waals surface area contributed by atoms with Crippen molar-refractivity contribution in [2.75, 3.05) is 26.3 Å². The first-order valence-corrected chi connectivity index (χ1v) is 7.22. The molecule has 0 aliphatic carbocycles. The molecule has 2 rings (SSSR count). The Hall–Kier alpha value is -0.910. The lowest BCUT2D eigenvalue weighted by atomic mass is 9.84. The molecule has 1 aliphatic rings. The maximum atomic E-state index is 6.55. The molecular weight excluding hydrogens is 240 g/mol. The molecule has 1 aromatic heterocycles. The second-order valence-electron chi connectivity index (χ2n) is 5.42. The molecule has 1 fully saturated rings. The highest BCUT2D eigenvalue weighted by Crippen LogP contribution is 2.32. The minimum Gasteiger partial charge on any atom is -0.379 e. The lowest BCUT2D eigenvalue weighted by molar-refractivity contribution is -0.0278. The Balaban J connectivity index is 2.18. The first-order chi connectivity index (χ1) is 9.11. The number of morpholine rings is 1. The summed E-state index contributed by atoms with van der Waals surface area (Å²) >= 11 is 0. The van der Waals surface area contributed by atoms with E-state index in [0.29, 0.717) is 0 Å². The maximum Gasteiger partial charge on any atom is 0.0594 e. The summed E-state index contributed by atoms with van der Waals surface area (Å²) in [6.45, 7) is 11.0. The van der Waals surface area contributed by atoms with Gasteiger partial charge in [-0.15, -0.1) is 0 Å². The molecule has 19 heavy (non-hydrogen) atoms. The van der Waals surface area contributed by atoms with Crippen molar-refractivity contribution in [3.63, 3.8) is 0 Å². The van der Waals surface area contributed by atoms with E-state index in [4.69, 9.17) is 10.5 Å². The summed E-state index contributed by atoms with van der Waals surface area (Å²) in [5.41, 5.74) is 7.63. The first kappa shape index (κ1) is 14.5. The Morgan fingerprint density at radius 3 is 2.63 bits per heavy atom. The molecule has 5 heteroatoms. The van der Waals surface area contributed by atoms with E-state index in [0.717, 1.165) is 44.8 Å². The first-order valence-electron chi connectivity index (χ1n) is 7.22. The zero-order chi connectivity index (χ0) is 13.9. The summed E-state index contributed by atoms with van der Waals surface area (Å²) in [7, 11) is 0. The highest BCUT2D eigenvalue weighted by molar-refractivity contribution is 5.16. The standard InChI is InChI=1S/C14H26N4O/c1-4-14(3,17-6-8-19-9-7-17)13(15)12-10-16-18(5-2)11-12/h10-11,13H,4-9,15H2,1-3H3. The number of hydrogen-bond acceptors (Lipinski definition) is 4. The van der Waals surface area contributed by atoms with E-state index in [1.807, 2.05) is 10.9 Å². The summed E-state index contributed by atoms with van der Waals surface area (Å²) in [6, 6.07) is -0.0177. The normalized spacial score (nSPS) is 22.1. The van der Waals surface area contributed by atoms with Gasteiger partial charge in [-0.2, -0.15) is 5.10 Å². The van der Waals surface area contributed by atoms with Gasteiger partial charge >= 0.3 is 0 Å². The molecule has 2 unspecified atom stereocenters. The summed E-state index contributed by atoms with van der Waals surface area (Å²) < 4.78 is 7.38. The van der Waals surface area contributed by atoms with Crippen LogP contribution in [0.3, 0.4) is 0 Å². The van der Waals surface area contributed by atoms with Crippen LogP contribution >= 0.6 is 0 Å². The van der Waals surface area contributed by atoms with Crippen molar-refractivity contribution < 1.29 is 4.74 Å². The zero-order valence-corrected chi connectivity index (χ0v) is 12.3. The zero-order valence-electron chi connectivity index (χ0n) is 12.3. The summed E-state index contributed by atoms with van der Waals surface area (Å²) in [6.07, 6.45) is 4.99. The van der Waals surface area contributed by atoms with E-state index in [1.165, 1.54) is 0 Å². The molecule has 2 atom stereocenters. The van der Waals surface area contributed by atoms with E-state index in [9.17, 15) is 0 Å². The van der Waals surface area contributed by atoms with Crippen LogP contribution in [0.15, 0.2) is 12.4 Å². The predicted octanol–water partition coefficient (Wildman–Crippen LogP) is 1.40. The number of aryl methyl sites for hydroxylation is 1. The second kappa shape index (κ2) is 6.03. The Labute approximate surface area is 115 Å². The molecule has 0 amide bonds. The van der Waals surface area contributed by atoms with Crippen molar-refractivity contribution >= 4 is 0 Å². The molecule has 2 heterocycles. The van der Waals surface area contributed by atoms with Crippen LogP contribution in [0.2, 0.25) is 0 Å². The number of nitrogens with two attached hydrogens (primary N) is 1. The van der Waals surface area contributed by atoms with Crippen molar-refractivity contribution in [1.29, 1.82) is 0 Å². The van der Waals surface area contributed by atoms with E-state index >= 15 is 0 Å². The monoisotopic (exact) mass is 266 g/mol. The van der Waals surface area contributed by atoms with Gasteiger partial charge in [0.05, 0.1) is 25.5 Å². The third kappa shape index (κ3) is 2.83. The van der Waals surface area contributed by atoms with Crippen LogP contribution in [-0.4, -0.2) is 46.5 Å². The topological polar surface area (TPSA) is 56.3 Å². The Morgan fingerprint density at radius 1 is 1.42 bits per heavy atom. The predicted molar refractivity (Wildman–Crippen MR) is 75.9 cm³/mol. The van der Waals surface area contributed by atoms with Gasteiger partial charge in [0, 0.05) is 36.9 Å². The Bertz CT molecular complexity index is 400. The van der Waals surface area contributed by atoms with E-state index in [1.54, 1.807) is 0 Å². The molecule has 0 saturated carbocycles. The fourth-order valence-electron chi connectivity index (χ4n) is 2.79. The fraction of sp³-hybridized carbons (Fsp3) is 0.786. The van der Waals surface area contributed by atoms with Gasteiger partial charge in [0.25, 0.3) is 0 Å². The Kier molecular flexibility index (Phi) is 4.60. The lowest BCUT2D eigenvalue weighted by Crippen LogP contribution is -2.56. The fourth-order valence-corrected chi connectivity index (χ4v) is 2.79. The second-order valence-corrected chi connectivity index (χ2v) is 5.42. The minimum atomic E-state index is -0.0363. The molecule has 1 aliphatic heterocycles. The van der Waals surface area contributed by atoms with Crippen molar-refractivity contribution in [2.24, 2.45) is 5.73 Å². The number of aromatic nitrogens is 2. The SMILES string of the molecule is CCn1cc(C(N)C(C)(CC)N2CCOCC2)cn1. The lowest BCUT2D eigenvalue weighted by Gasteiger charge is -2.46. The molecule has 0 bridgehead atoms. The molecule has 0 aromatic carbocycles. The smallest absolute Gasteiger partial charge is 0.0594 e. The van der Waals surface area contributed by atoms with Gasteiger partial charge in [0.2, 0.25) is 0 Å². The molecule has 1 aromatic rings. The van der Waals surface area contributed by atoms with E-state index < -0.39 is 0 Å². The molecule has 2 N–H and O–H groups in total. The van der Waals surface area contributed by atoms with Crippen molar-refractivity contribution in [3.05, 3.63) is 18.0 Å². The van der Waals surface area contributed by atoms with Gasteiger partial charge < -0.3 is 10.5 Å². The van der Waals surface area contributed by atoms with Crippen molar-refractivity contribution in [3.8, 4) is 0 Å². The maximum absolute atomic E-state index is 6.55. The highest BCUT2D eigenvalue weighted by Gasteiger charge is 2.38. The van der Waals surface area contributed by atoms with Gasteiger partial charge in [-0.25, -0.2) is 0 Å². The van der Waals surface area contributed by atoms with E-state index in [-0.39, 0.29) is 11.6 Å². The van der Waals surface area contributed by atoms with Crippen LogP contribution in [0.1, 0.15) is 38.8 Å². The number of rotatable bonds is 5. The minimum absolute atomic E-state index is 0.0177. The quantitative estimate of drug-likeness (QED) is 0.875. The van der Waals surface area contributed by atoms with Gasteiger partial charge in [0.15, 0.2) is 0 Å². The van der Waals surface area contributed by atoms with Crippen LogP contribution in [-0.2, 0) is 11.3 Å². The van der Waals surface area contributed by atoms with Crippen molar-refractivity contribution in [1.82, 2.24) is 14.7 Å². The van der Waals surface area contributed by atoms with Crippen LogP contribution in [0.4, 0.5) is 0 Å². The third-order valence-corrected chi connectivity index (χ3v) is 4.46. The van der Waals surface area contributed by atoms with Gasteiger partial charge in [-0.3, -0.25) is 9.58 Å². The summed E-state index contributed by atoms with van der Waals surface area (Å²) in [5, 5.41) is 4.34. The highest BCUT2D eigenvalue weighted by atomic mass is 16.5. The van der Waals surface area contributed by atoms with Crippen LogP contribution < -0.4 is 5.73 Å². The van der Waals surface area contributed by atoms with Crippen LogP contribution in [0, 0.1) is 0 Å². The molecule has 5 nitrogen and oxygen atoms in total. The van der Waals surface area contributed by atoms with Gasteiger partial charge in [0.1, 0.15) is 0 Å². The van der Waals surface area contributed by atoms with Crippen molar-refractivity contribution in [2.45, 2.75) is 45.3 Å². The average molecular weight is 266 g/mol. The molecular formula is C14H26N4O. The number of nitrogens with zero attached hydrogens (tertiary/aromatic N) is 3. The number of hydrogen-bond donors (Lipinski definition) is 1. The van der Waals surface area contributed by atoms with E-state index in [2.05, 4.69) is 37.0 Å². The molecule has 1 saturated heterocycles. The largest absolute Gasteiger partial charge is 0.379 e. The van der Waals surface area contributed by atoms with Gasteiger partial charge in [-0.05, 0) is 20.3 Å². The van der Waals surface area contributed by atoms with Gasteiger partial charge in [-0.1, -0.05) is 6.92 Å². The molecule has 0 spiro atoms. The third-order valence-electron chi connectivity index (χ3n) is 4.46.